The monoisotopic (exact) mass is 355 g/mol. The van der Waals surface area contributed by atoms with Crippen molar-refractivity contribution in [3.05, 3.63) is 63.7 Å². The molecule has 3 nitrogen and oxygen atoms in total. The molecule has 1 aliphatic carbocycles. The molecule has 0 unspecified atom stereocenters. The third-order valence-electron chi connectivity index (χ3n) is 5.82. The van der Waals surface area contributed by atoms with Gasteiger partial charge in [-0.2, -0.15) is 0 Å². The number of carboxylic acid groups (broad SMARTS) is 1. The van der Waals surface area contributed by atoms with Crippen molar-refractivity contribution < 1.29 is 9.90 Å². The Balaban J connectivity index is 1.77. The van der Waals surface area contributed by atoms with Gasteiger partial charge in [-0.05, 0) is 78.6 Å². The molecule has 25 heavy (non-hydrogen) atoms. The highest BCUT2D eigenvalue weighted by atomic mass is 35.5. The lowest BCUT2D eigenvalue weighted by Crippen LogP contribution is -2.34. The number of carbonyl (C=O) groups is 1. The number of carboxylic acids is 1. The lowest BCUT2D eigenvalue weighted by atomic mass is 9.67. The van der Waals surface area contributed by atoms with Crippen molar-refractivity contribution in [2.45, 2.75) is 44.6 Å². The smallest absolute Gasteiger partial charge is 0.335 e. The van der Waals surface area contributed by atoms with E-state index in [-0.39, 0.29) is 6.04 Å². The topological polar surface area (TPSA) is 49.3 Å². The van der Waals surface area contributed by atoms with Crippen molar-refractivity contribution in [3.63, 3.8) is 0 Å². The minimum Gasteiger partial charge on any atom is -0.478 e. The van der Waals surface area contributed by atoms with E-state index in [4.69, 9.17) is 11.6 Å². The van der Waals surface area contributed by atoms with Gasteiger partial charge in [0.25, 0.3) is 0 Å². The molecule has 1 aliphatic heterocycles. The van der Waals surface area contributed by atoms with Gasteiger partial charge < -0.3 is 10.4 Å². The molecule has 1 saturated carbocycles. The average Bonchev–Trinajstić information content (AvgIpc) is 2.61. The van der Waals surface area contributed by atoms with Gasteiger partial charge in [0.05, 0.1) is 11.6 Å². The fraction of sp³-hybridized carbons (Fsp3) is 0.381. The van der Waals surface area contributed by atoms with E-state index in [0.717, 1.165) is 10.6 Å². The minimum atomic E-state index is -0.873. The number of halogens is 1. The Morgan fingerprint density at radius 2 is 1.92 bits per heavy atom. The molecule has 4 heteroatoms. The van der Waals surface area contributed by atoms with Crippen LogP contribution in [0.25, 0.3) is 0 Å². The van der Waals surface area contributed by atoms with Crippen LogP contribution in [-0.4, -0.2) is 11.1 Å². The molecule has 2 N–H and O–H groups in total. The summed E-state index contributed by atoms with van der Waals surface area (Å²) in [6.07, 6.45) is 4.90. The summed E-state index contributed by atoms with van der Waals surface area (Å²) in [5.41, 5.74) is 5.11. The maximum absolute atomic E-state index is 11.2. The third-order valence-corrected chi connectivity index (χ3v) is 6.06. The maximum atomic E-state index is 11.2. The summed E-state index contributed by atoms with van der Waals surface area (Å²) >= 11 is 6.25. The molecular weight excluding hydrogens is 334 g/mol. The number of rotatable bonds is 2. The molecule has 2 aromatic carbocycles. The zero-order valence-electron chi connectivity index (χ0n) is 14.3. The molecule has 1 fully saturated rings. The van der Waals surface area contributed by atoms with Crippen LogP contribution in [0.5, 0.6) is 0 Å². The Kier molecular flexibility index (Phi) is 4.20. The lowest BCUT2D eigenvalue weighted by Gasteiger charge is -2.44. The molecule has 130 valence electrons. The Morgan fingerprint density at radius 1 is 1.12 bits per heavy atom. The van der Waals surface area contributed by atoms with E-state index in [1.807, 2.05) is 19.1 Å². The molecule has 3 atom stereocenters. The van der Waals surface area contributed by atoms with E-state index < -0.39 is 5.97 Å². The first kappa shape index (κ1) is 16.5. The lowest BCUT2D eigenvalue weighted by molar-refractivity contribution is 0.0696. The van der Waals surface area contributed by atoms with Crippen molar-refractivity contribution in [3.8, 4) is 0 Å². The van der Waals surface area contributed by atoms with Crippen LogP contribution in [0.4, 0.5) is 5.69 Å². The first-order chi connectivity index (χ1) is 12.0. The highest BCUT2D eigenvalue weighted by Gasteiger charge is 2.39. The largest absolute Gasteiger partial charge is 0.478 e. The van der Waals surface area contributed by atoms with Crippen molar-refractivity contribution in [1.29, 1.82) is 0 Å². The number of benzene rings is 2. The van der Waals surface area contributed by atoms with Crippen LogP contribution in [0.3, 0.4) is 0 Å². The van der Waals surface area contributed by atoms with Gasteiger partial charge >= 0.3 is 5.97 Å². The summed E-state index contributed by atoms with van der Waals surface area (Å²) in [6, 6.07) is 11.9. The summed E-state index contributed by atoms with van der Waals surface area (Å²) in [4.78, 5) is 11.2. The number of fused-ring (bicyclic) bond motifs is 3. The molecule has 0 bridgehead atoms. The Hall–Kier alpha value is -2.00. The van der Waals surface area contributed by atoms with Gasteiger partial charge in [-0.15, -0.1) is 0 Å². The highest BCUT2D eigenvalue weighted by Crippen LogP contribution is 2.52. The summed E-state index contributed by atoms with van der Waals surface area (Å²) in [5, 5.41) is 13.7. The van der Waals surface area contributed by atoms with Gasteiger partial charge in [0.1, 0.15) is 0 Å². The quantitative estimate of drug-likeness (QED) is 0.717. The molecule has 2 aliphatic rings. The van der Waals surface area contributed by atoms with E-state index in [1.54, 1.807) is 12.1 Å². The molecule has 0 saturated heterocycles. The number of nitrogens with one attached hydrogen (secondary N) is 1. The van der Waals surface area contributed by atoms with Crippen LogP contribution >= 0.6 is 11.6 Å². The maximum Gasteiger partial charge on any atom is 0.335 e. The van der Waals surface area contributed by atoms with Gasteiger partial charge in [-0.1, -0.05) is 30.5 Å². The minimum absolute atomic E-state index is 0.224. The van der Waals surface area contributed by atoms with Crippen molar-refractivity contribution in [2.24, 2.45) is 5.92 Å². The Labute approximate surface area is 153 Å². The first-order valence-corrected chi connectivity index (χ1v) is 9.32. The van der Waals surface area contributed by atoms with E-state index in [0.29, 0.717) is 17.4 Å². The van der Waals surface area contributed by atoms with E-state index in [2.05, 4.69) is 17.4 Å². The summed E-state index contributed by atoms with van der Waals surface area (Å²) < 4.78 is 0. The fourth-order valence-electron chi connectivity index (χ4n) is 4.66. The van der Waals surface area contributed by atoms with Gasteiger partial charge in [-0.25, -0.2) is 4.79 Å². The second kappa shape index (κ2) is 6.38. The number of hydrogen-bond acceptors (Lipinski definition) is 2. The predicted molar refractivity (Wildman–Crippen MR) is 101 cm³/mol. The second-order valence-corrected chi connectivity index (χ2v) is 7.72. The number of aryl methyl sites for hydroxylation is 1. The zero-order chi connectivity index (χ0) is 17.6. The molecular formula is C21H22ClNO2. The standard InChI is InChI=1S/C21H22ClNO2/c1-12-10-13(21(24)25)6-8-15(12)20-17-5-3-2-4-16(17)18-11-14(22)7-9-19(18)23-20/h6-11,16-17,20,23H,2-5H2,1H3,(H,24,25)/t16-,17+,20+/m1/s1. The van der Waals surface area contributed by atoms with E-state index in [9.17, 15) is 9.90 Å². The van der Waals surface area contributed by atoms with Crippen molar-refractivity contribution >= 4 is 23.3 Å². The fourth-order valence-corrected chi connectivity index (χ4v) is 4.84. The van der Waals surface area contributed by atoms with Crippen LogP contribution in [0.1, 0.15) is 64.7 Å². The first-order valence-electron chi connectivity index (χ1n) is 8.94. The van der Waals surface area contributed by atoms with Crippen molar-refractivity contribution in [1.82, 2.24) is 0 Å². The third kappa shape index (κ3) is 2.91. The molecule has 0 aromatic heterocycles. The zero-order valence-corrected chi connectivity index (χ0v) is 15.0. The predicted octanol–water partition coefficient (Wildman–Crippen LogP) is 5.79. The molecule has 2 aromatic rings. The van der Waals surface area contributed by atoms with Crippen LogP contribution in [0.2, 0.25) is 5.02 Å². The Morgan fingerprint density at radius 3 is 2.68 bits per heavy atom. The SMILES string of the molecule is Cc1cc(C(=O)O)ccc1[C@@H]1Nc2ccc(Cl)cc2[C@@H]2CCCC[C@@H]21. The molecule has 0 radical (unpaired) electrons. The van der Waals surface area contributed by atoms with Crippen LogP contribution < -0.4 is 5.32 Å². The average molecular weight is 356 g/mol. The van der Waals surface area contributed by atoms with Gasteiger partial charge in [-0.3, -0.25) is 0 Å². The van der Waals surface area contributed by atoms with E-state index in [1.165, 1.54) is 42.5 Å². The van der Waals surface area contributed by atoms with Crippen molar-refractivity contribution in [2.75, 3.05) is 5.32 Å². The number of aromatic carboxylic acids is 1. The number of hydrogen-bond donors (Lipinski definition) is 2. The van der Waals surface area contributed by atoms with E-state index >= 15 is 0 Å². The van der Waals surface area contributed by atoms with Crippen LogP contribution in [-0.2, 0) is 0 Å². The molecule has 4 rings (SSSR count). The highest BCUT2D eigenvalue weighted by molar-refractivity contribution is 6.30. The van der Waals surface area contributed by atoms with Gasteiger partial charge in [0, 0.05) is 10.7 Å². The molecule has 0 spiro atoms. The second-order valence-electron chi connectivity index (χ2n) is 7.28. The van der Waals surface area contributed by atoms with Gasteiger partial charge in [0.15, 0.2) is 0 Å². The van der Waals surface area contributed by atoms with Crippen LogP contribution in [0.15, 0.2) is 36.4 Å². The summed E-state index contributed by atoms with van der Waals surface area (Å²) in [5.74, 6) is 0.170. The normalized spacial score (nSPS) is 24.8. The molecule has 1 heterocycles. The van der Waals surface area contributed by atoms with Gasteiger partial charge in [0.2, 0.25) is 0 Å². The summed E-state index contributed by atoms with van der Waals surface area (Å²) in [7, 11) is 0. The molecule has 0 amide bonds. The van der Waals surface area contributed by atoms with Crippen LogP contribution in [0, 0.1) is 12.8 Å². The number of anilines is 1. The summed E-state index contributed by atoms with van der Waals surface area (Å²) in [6.45, 7) is 2.01. The Bertz CT molecular complexity index is 833.